The number of methoxy groups -OCH3 is 1. The molecule has 1 amide bonds. The number of nitrogens with one attached hydrogen (secondary N) is 1. The molecule has 0 aliphatic rings. The van der Waals surface area contributed by atoms with Crippen molar-refractivity contribution in [2.24, 2.45) is 7.05 Å². The smallest absolute Gasteiger partial charge is 0.387 e. The minimum Gasteiger partial charge on any atom is -0.481 e. The molecule has 1 heterocycles. The highest BCUT2D eigenvalue weighted by molar-refractivity contribution is 5.96. The highest BCUT2D eigenvalue weighted by Gasteiger charge is 2.16. The Hall–Kier alpha value is -2.64. The van der Waals surface area contributed by atoms with Crippen molar-refractivity contribution in [3.8, 4) is 11.6 Å². The Kier molecular flexibility index (Phi) is 4.92. The van der Waals surface area contributed by atoms with Crippen molar-refractivity contribution in [1.29, 1.82) is 0 Å². The zero-order valence-corrected chi connectivity index (χ0v) is 12.0. The van der Waals surface area contributed by atoms with E-state index < -0.39 is 6.61 Å². The van der Waals surface area contributed by atoms with E-state index in [0.29, 0.717) is 11.4 Å². The Morgan fingerprint density at radius 1 is 1.36 bits per heavy atom. The average molecular weight is 311 g/mol. The predicted octanol–water partition coefficient (Wildman–Crippen LogP) is 1.96. The number of halogens is 2. The number of aryl methyl sites for hydroxylation is 1. The lowest BCUT2D eigenvalue weighted by atomic mass is 10.2. The fourth-order valence-corrected chi connectivity index (χ4v) is 1.89. The predicted molar refractivity (Wildman–Crippen MR) is 74.0 cm³/mol. The lowest BCUT2D eigenvalue weighted by molar-refractivity contribution is -0.0498. The van der Waals surface area contributed by atoms with E-state index in [1.165, 1.54) is 30.1 Å². The van der Waals surface area contributed by atoms with Gasteiger partial charge in [0.2, 0.25) is 5.88 Å². The summed E-state index contributed by atoms with van der Waals surface area (Å²) in [7, 11) is 3.12. The van der Waals surface area contributed by atoms with Crippen molar-refractivity contribution in [3.05, 3.63) is 41.6 Å². The maximum Gasteiger partial charge on any atom is 0.387 e. The highest BCUT2D eigenvalue weighted by Crippen LogP contribution is 2.17. The number of hydrogen-bond donors (Lipinski definition) is 1. The molecule has 2 rings (SSSR count). The van der Waals surface area contributed by atoms with Gasteiger partial charge in [-0.25, -0.2) is 4.68 Å². The van der Waals surface area contributed by atoms with Crippen LogP contribution in [0.4, 0.5) is 8.78 Å². The van der Waals surface area contributed by atoms with Crippen LogP contribution < -0.4 is 14.8 Å². The number of aromatic nitrogens is 2. The number of alkyl halides is 2. The molecule has 0 unspecified atom stereocenters. The Bertz CT molecular complexity index is 641. The third kappa shape index (κ3) is 3.72. The molecule has 22 heavy (non-hydrogen) atoms. The summed E-state index contributed by atoms with van der Waals surface area (Å²) >= 11 is 0. The fourth-order valence-electron chi connectivity index (χ4n) is 1.89. The Morgan fingerprint density at radius 3 is 2.64 bits per heavy atom. The molecule has 0 aliphatic heterocycles. The second-order valence-corrected chi connectivity index (χ2v) is 4.40. The van der Waals surface area contributed by atoms with Crippen LogP contribution in [0.5, 0.6) is 11.6 Å². The fraction of sp³-hybridized carbons (Fsp3) is 0.286. The van der Waals surface area contributed by atoms with Gasteiger partial charge in [0.05, 0.1) is 13.3 Å². The maximum atomic E-state index is 12.1. The molecule has 0 saturated heterocycles. The maximum absolute atomic E-state index is 12.1. The number of nitrogens with zero attached hydrogens (tertiary/aromatic N) is 2. The van der Waals surface area contributed by atoms with Crippen LogP contribution in [0.1, 0.15) is 15.9 Å². The van der Waals surface area contributed by atoms with E-state index in [1.807, 2.05) is 0 Å². The minimum absolute atomic E-state index is 0.0685. The molecule has 1 aromatic heterocycles. The lowest BCUT2D eigenvalue weighted by Crippen LogP contribution is -2.23. The van der Waals surface area contributed by atoms with Crippen LogP contribution in [0.25, 0.3) is 0 Å². The van der Waals surface area contributed by atoms with Crippen LogP contribution in [0.2, 0.25) is 0 Å². The van der Waals surface area contributed by atoms with Gasteiger partial charge in [-0.1, -0.05) is 12.1 Å². The van der Waals surface area contributed by atoms with Gasteiger partial charge in [0.15, 0.2) is 0 Å². The largest absolute Gasteiger partial charge is 0.481 e. The van der Waals surface area contributed by atoms with Crippen molar-refractivity contribution in [2.45, 2.75) is 13.2 Å². The normalized spacial score (nSPS) is 10.6. The summed E-state index contributed by atoms with van der Waals surface area (Å²) < 4.78 is 34.9. The van der Waals surface area contributed by atoms with Crippen LogP contribution in [0, 0.1) is 0 Å². The van der Waals surface area contributed by atoms with Crippen molar-refractivity contribution in [2.75, 3.05) is 7.11 Å². The molecule has 2 aromatic rings. The Morgan fingerprint density at radius 2 is 2.05 bits per heavy atom. The quantitative estimate of drug-likeness (QED) is 0.885. The first-order valence-electron chi connectivity index (χ1n) is 6.39. The van der Waals surface area contributed by atoms with Crippen LogP contribution in [-0.2, 0) is 13.6 Å². The molecule has 0 fully saturated rings. The third-order valence-corrected chi connectivity index (χ3v) is 2.92. The van der Waals surface area contributed by atoms with E-state index in [9.17, 15) is 13.6 Å². The van der Waals surface area contributed by atoms with Crippen molar-refractivity contribution < 1.29 is 23.0 Å². The summed E-state index contributed by atoms with van der Waals surface area (Å²) in [5.41, 5.74) is 1.07. The summed E-state index contributed by atoms with van der Waals surface area (Å²) in [6, 6.07) is 6.02. The average Bonchev–Trinajstić information content (AvgIpc) is 2.86. The first-order chi connectivity index (χ1) is 10.5. The van der Waals surface area contributed by atoms with E-state index in [4.69, 9.17) is 4.74 Å². The number of carbonyl (C=O) groups excluding carboxylic acids is 1. The number of rotatable bonds is 6. The zero-order valence-electron chi connectivity index (χ0n) is 12.0. The second-order valence-electron chi connectivity index (χ2n) is 4.40. The first-order valence-corrected chi connectivity index (χ1v) is 6.39. The highest BCUT2D eigenvalue weighted by atomic mass is 19.3. The molecule has 0 saturated carbocycles. The first kappa shape index (κ1) is 15.7. The third-order valence-electron chi connectivity index (χ3n) is 2.92. The number of hydrogen-bond acceptors (Lipinski definition) is 4. The summed E-state index contributed by atoms with van der Waals surface area (Å²) in [5, 5.41) is 6.65. The van der Waals surface area contributed by atoms with Crippen LogP contribution in [0.3, 0.4) is 0 Å². The molecule has 0 bridgehead atoms. The molecule has 0 radical (unpaired) electrons. The number of benzene rings is 1. The van der Waals surface area contributed by atoms with Gasteiger partial charge >= 0.3 is 6.61 Å². The molecular formula is C14H15F2N3O3. The lowest BCUT2D eigenvalue weighted by Gasteiger charge is -2.08. The van der Waals surface area contributed by atoms with Gasteiger partial charge in [-0.05, 0) is 17.7 Å². The Labute approximate surface area is 125 Å². The summed E-state index contributed by atoms with van der Waals surface area (Å²) in [6.07, 6.45) is 1.41. The monoisotopic (exact) mass is 311 g/mol. The van der Waals surface area contributed by atoms with E-state index in [0.717, 1.165) is 5.56 Å². The Balaban J connectivity index is 1.96. The summed E-state index contributed by atoms with van der Waals surface area (Å²) in [6.45, 7) is -2.62. The second kappa shape index (κ2) is 6.88. The van der Waals surface area contributed by atoms with Crippen LogP contribution in [-0.4, -0.2) is 29.4 Å². The van der Waals surface area contributed by atoms with Crippen molar-refractivity contribution in [1.82, 2.24) is 15.1 Å². The summed E-state index contributed by atoms with van der Waals surface area (Å²) in [4.78, 5) is 12.1. The van der Waals surface area contributed by atoms with Gasteiger partial charge < -0.3 is 14.8 Å². The van der Waals surface area contributed by atoms with E-state index in [2.05, 4.69) is 15.2 Å². The molecule has 8 heteroatoms. The van der Waals surface area contributed by atoms with Gasteiger partial charge in [0, 0.05) is 13.6 Å². The van der Waals surface area contributed by atoms with Crippen molar-refractivity contribution in [3.63, 3.8) is 0 Å². The molecule has 6 nitrogen and oxygen atoms in total. The molecule has 118 valence electrons. The van der Waals surface area contributed by atoms with E-state index >= 15 is 0 Å². The zero-order chi connectivity index (χ0) is 16.1. The van der Waals surface area contributed by atoms with Gasteiger partial charge in [-0.15, -0.1) is 0 Å². The molecule has 1 aromatic carbocycles. The standard InChI is InChI=1S/C14H15F2N3O3/c1-19-13(21-2)11(8-18-19)12(20)17-7-9-3-5-10(6-4-9)22-14(15)16/h3-6,8,14H,7H2,1-2H3,(H,17,20). The summed E-state index contributed by atoms with van der Waals surface area (Å²) in [5.74, 6) is 0.0926. The van der Waals surface area contributed by atoms with Gasteiger partial charge in [-0.3, -0.25) is 4.79 Å². The van der Waals surface area contributed by atoms with E-state index in [-0.39, 0.29) is 18.2 Å². The number of amides is 1. The van der Waals surface area contributed by atoms with Crippen molar-refractivity contribution >= 4 is 5.91 Å². The molecule has 0 spiro atoms. The number of ether oxygens (including phenoxy) is 2. The van der Waals surface area contributed by atoms with Crippen LogP contribution in [0.15, 0.2) is 30.5 Å². The minimum atomic E-state index is -2.86. The molecule has 0 atom stereocenters. The SMILES string of the molecule is COc1c(C(=O)NCc2ccc(OC(F)F)cc2)cnn1C. The molecule has 0 aliphatic carbocycles. The van der Waals surface area contributed by atoms with Crippen LogP contribution >= 0.6 is 0 Å². The molecular weight excluding hydrogens is 296 g/mol. The molecule has 1 N–H and O–H groups in total. The number of carbonyl (C=O) groups is 1. The van der Waals surface area contributed by atoms with Gasteiger partial charge in [0.25, 0.3) is 5.91 Å². The van der Waals surface area contributed by atoms with Gasteiger partial charge in [0.1, 0.15) is 11.3 Å². The van der Waals surface area contributed by atoms with Gasteiger partial charge in [-0.2, -0.15) is 13.9 Å². The van der Waals surface area contributed by atoms with E-state index in [1.54, 1.807) is 19.2 Å². The topological polar surface area (TPSA) is 65.4 Å².